The fourth-order valence-electron chi connectivity index (χ4n) is 1.98. The quantitative estimate of drug-likeness (QED) is 0.856. The van der Waals surface area contributed by atoms with Crippen LogP contribution in [0.4, 0.5) is 0 Å². The summed E-state index contributed by atoms with van der Waals surface area (Å²) in [5, 5.41) is 9.97. The Bertz CT molecular complexity index is 430. The predicted molar refractivity (Wildman–Crippen MR) is 77.6 cm³/mol. The number of rotatable bonds is 6. The van der Waals surface area contributed by atoms with Crippen molar-refractivity contribution in [2.75, 3.05) is 33.7 Å². The molecule has 1 amide bonds. The number of amides is 1. The molecule has 4 nitrogen and oxygen atoms in total. The van der Waals surface area contributed by atoms with Crippen LogP contribution in [-0.4, -0.2) is 54.5 Å². The molecule has 0 heterocycles. The van der Waals surface area contributed by atoms with Crippen molar-refractivity contribution in [3.05, 3.63) is 29.3 Å². The van der Waals surface area contributed by atoms with Gasteiger partial charge in [-0.25, -0.2) is 0 Å². The molecule has 0 saturated heterocycles. The van der Waals surface area contributed by atoms with Gasteiger partial charge in [0.05, 0.1) is 5.56 Å². The van der Waals surface area contributed by atoms with Gasteiger partial charge in [-0.15, -0.1) is 0 Å². The van der Waals surface area contributed by atoms with E-state index in [2.05, 4.69) is 4.90 Å². The first-order valence-electron chi connectivity index (χ1n) is 6.70. The van der Waals surface area contributed by atoms with Crippen molar-refractivity contribution in [2.45, 2.75) is 20.3 Å². The Balaban J connectivity index is 2.75. The van der Waals surface area contributed by atoms with Crippen molar-refractivity contribution < 1.29 is 9.90 Å². The highest BCUT2D eigenvalue weighted by molar-refractivity contribution is 5.97. The first-order valence-corrected chi connectivity index (χ1v) is 6.70. The SMILES string of the molecule is CCN(CCCN(C)C)C(=O)c1cccc(C)c1O. The molecule has 0 bridgehead atoms. The molecule has 1 rings (SSSR count). The van der Waals surface area contributed by atoms with Gasteiger partial charge in [-0.3, -0.25) is 4.79 Å². The van der Waals surface area contributed by atoms with Crippen LogP contribution in [0.1, 0.15) is 29.3 Å². The Labute approximate surface area is 115 Å². The molecule has 0 radical (unpaired) electrons. The molecular formula is C15H24N2O2. The number of aryl methyl sites for hydroxylation is 1. The molecule has 1 aromatic carbocycles. The number of hydrogen-bond donors (Lipinski definition) is 1. The second-order valence-corrected chi connectivity index (χ2v) is 5.01. The summed E-state index contributed by atoms with van der Waals surface area (Å²) in [4.78, 5) is 16.3. The molecule has 0 aromatic heterocycles. The second kappa shape index (κ2) is 7.14. The fraction of sp³-hybridized carbons (Fsp3) is 0.533. The normalized spacial score (nSPS) is 10.8. The van der Waals surface area contributed by atoms with Gasteiger partial charge < -0.3 is 14.9 Å². The van der Waals surface area contributed by atoms with E-state index in [4.69, 9.17) is 0 Å². The lowest BCUT2D eigenvalue weighted by Crippen LogP contribution is -2.33. The molecule has 0 saturated carbocycles. The van der Waals surface area contributed by atoms with Gasteiger partial charge in [-0.05, 0) is 52.5 Å². The molecule has 19 heavy (non-hydrogen) atoms. The zero-order chi connectivity index (χ0) is 14.4. The number of benzene rings is 1. The molecule has 0 atom stereocenters. The minimum absolute atomic E-state index is 0.0949. The van der Waals surface area contributed by atoms with Crippen molar-refractivity contribution in [1.82, 2.24) is 9.80 Å². The zero-order valence-electron chi connectivity index (χ0n) is 12.3. The van der Waals surface area contributed by atoms with Crippen LogP contribution < -0.4 is 0 Å². The summed E-state index contributed by atoms with van der Waals surface area (Å²) in [5.41, 5.74) is 1.13. The van der Waals surface area contributed by atoms with Crippen LogP contribution in [0.3, 0.4) is 0 Å². The lowest BCUT2D eigenvalue weighted by atomic mass is 10.1. The van der Waals surface area contributed by atoms with E-state index in [-0.39, 0.29) is 11.7 Å². The van der Waals surface area contributed by atoms with Gasteiger partial charge in [-0.1, -0.05) is 12.1 Å². The average Bonchev–Trinajstić information content (AvgIpc) is 2.37. The van der Waals surface area contributed by atoms with E-state index in [1.807, 2.05) is 21.0 Å². The highest BCUT2D eigenvalue weighted by Gasteiger charge is 2.18. The maximum absolute atomic E-state index is 12.4. The molecule has 106 valence electrons. The zero-order valence-corrected chi connectivity index (χ0v) is 12.3. The molecule has 0 fully saturated rings. The van der Waals surface area contributed by atoms with E-state index in [1.165, 1.54) is 0 Å². The first kappa shape index (κ1) is 15.5. The predicted octanol–water partition coefficient (Wildman–Crippen LogP) is 2.11. The van der Waals surface area contributed by atoms with E-state index in [9.17, 15) is 9.90 Å². The van der Waals surface area contributed by atoms with E-state index >= 15 is 0 Å². The number of carbonyl (C=O) groups excluding carboxylic acids is 1. The van der Waals surface area contributed by atoms with E-state index in [0.29, 0.717) is 18.7 Å². The number of phenolic OH excluding ortho intramolecular Hbond substituents is 1. The van der Waals surface area contributed by atoms with Crippen molar-refractivity contribution >= 4 is 5.91 Å². The van der Waals surface area contributed by atoms with E-state index < -0.39 is 0 Å². The minimum Gasteiger partial charge on any atom is -0.507 e. The summed E-state index contributed by atoms with van der Waals surface area (Å²) < 4.78 is 0. The molecule has 1 aromatic rings. The fourth-order valence-corrected chi connectivity index (χ4v) is 1.98. The van der Waals surface area contributed by atoms with Gasteiger partial charge in [-0.2, -0.15) is 0 Å². The smallest absolute Gasteiger partial charge is 0.257 e. The van der Waals surface area contributed by atoms with Crippen molar-refractivity contribution in [1.29, 1.82) is 0 Å². The number of para-hydroxylation sites is 1. The molecule has 0 aliphatic carbocycles. The van der Waals surface area contributed by atoms with Crippen molar-refractivity contribution in [3.8, 4) is 5.75 Å². The van der Waals surface area contributed by atoms with Crippen LogP contribution in [0, 0.1) is 6.92 Å². The summed E-state index contributed by atoms with van der Waals surface area (Å²) >= 11 is 0. The summed E-state index contributed by atoms with van der Waals surface area (Å²) in [6, 6.07) is 5.28. The van der Waals surface area contributed by atoms with Gasteiger partial charge >= 0.3 is 0 Å². The van der Waals surface area contributed by atoms with Crippen LogP contribution in [0.5, 0.6) is 5.75 Å². The number of phenols is 1. The van der Waals surface area contributed by atoms with Crippen LogP contribution in [0.25, 0.3) is 0 Å². The number of carbonyl (C=O) groups is 1. The van der Waals surface area contributed by atoms with E-state index in [1.54, 1.807) is 30.0 Å². The van der Waals surface area contributed by atoms with Crippen molar-refractivity contribution in [2.24, 2.45) is 0 Å². The summed E-state index contributed by atoms with van der Waals surface area (Å²) in [6.45, 7) is 6.07. The Kier molecular flexibility index (Phi) is 5.83. The van der Waals surface area contributed by atoms with Crippen molar-refractivity contribution in [3.63, 3.8) is 0 Å². The molecular weight excluding hydrogens is 240 g/mol. The van der Waals surface area contributed by atoms with Crippen LogP contribution in [0.2, 0.25) is 0 Å². The van der Waals surface area contributed by atoms with Crippen LogP contribution in [-0.2, 0) is 0 Å². The molecule has 0 spiro atoms. The van der Waals surface area contributed by atoms with Crippen LogP contribution in [0.15, 0.2) is 18.2 Å². The number of aromatic hydroxyl groups is 1. The maximum atomic E-state index is 12.4. The Morgan fingerprint density at radius 2 is 1.95 bits per heavy atom. The molecule has 1 N–H and O–H groups in total. The molecule has 4 heteroatoms. The third kappa shape index (κ3) is 4.24. The summed E-state index contributed by atoms with van der Waals surface area (Å²) in [6.07, 6.45) is 0.930. The maximum Gasteiger partial charge on any atom is 0.257 e. The summed E-state index contributed by atoms with van der Waals surface area (Å²) in [5.74, 6) is 0.000940. The standard InChI is InChI=1S/C15H24N2O2/c1-5-17(11-7-10-16(3)4)15(19)13-9-6-8-12(2)14(13)18/h6,8-9,18H,5,7,10-11H2,1-4H3. The lowest BCUT2D eigenvalue weighted by Gasteiger charge is -2.22. The highest BCUT2D eigenvalue weighted by Crippen LogP contribution is 2.22. The largest absolute Gasteiger partial charge is 0.507 e. The summed E-state index contributed by atoms with van der Waals surface area (Å²) in [7, 11) is 4.04. The molecule has 0 aliphatic heterocycles. The van der Waals surface area contributed by atoms with Crippen LogP contribution >= 0.6 is 0 Å². The van der Waals surface area contributed by atoms with Gasteiger partial charge in [0.1, 0.15) is 5.75 Å². The molecule has 0 unspecified atom stereocenters. The lowest BCUT2D eigenvalue weighted by molar-refractivity contribution is 0.0756. The average molecular weight is 264 g/mol. The number of nitrogens with zero attached hydrogens (tertiary/aromatic N) is 2. The second-order valence-electron chi connectivity index (χ2n) is 5.01. The number of hydrogen-bond acceptors (Lipinski definition) is 3. The topological polar surface area (TPSA) is 43.8 Å². The van der Waals surface area contributed by atoms with Gasteiger partial charge in [0, 0.05) is 13.1 Å². The van der Waals surface area contributed by atoms with Gasteiger partial charge in [0.15, 0.2) is 0 Å². The third-order valence-electron chi connectivity index (χ3n) is 3.17. The van der Waals surface area contributed by atoms with Gasteiger partial charge in [0.25, 0.3) is 5.91 Å². The highest BCUT2D eigenvalue weighted by atomic mass is 16.3. The minimum atomic E-state index is -0.0949. The Morgan fingerprint density at radius 1 is 1.26 bits per heavy atom. The van der Waals surface area contributed by atoms with E-state index in [0.717, 1.165) is 18.5 Å². The third-order valence-corrected chi connectivity index (χ3v) is 3.17. The molecule has 0 aliphatic rings. The first-order chi connectivity index (χ1) is 8.97. The van der Waals surface area contributed by atoms with Gasteiger partial charge in [0.2, 0.25) is 0 Å². The monoisotopic (exact) mass is 264 g/mol. The Morgan fingerprint density at radius 3 is 2.53 bits per heavy atom. The Hall–Kier alpha value is -1.55.